The first-order valence-electron chi connectivity index (χ1n) is 7.66. The van der Waals surface area contributed by atoms with Gasteiger partial charge >= 0.3 is 0 Å². The summed E-state index contributed by atoms with van der Waals surface area (Å²) in [6, 6.07) is 0. The highest BCUT2D eigenvalue weighted by Gasteiger charge is 2.20. The van der Waals surface area contributed by atoms with E-state index < -0.39 is 10.0 Å². The normalized spacial score (nSPS) is 15.8. The molecule has 0 atom stereocenters. The Labute approximate surface area is 118 Å². The number of rotatable bonds is 13. The molecule has 0 saturated heterocycles. The molecule has 0 unspecified atom stereocenters. The lowest BCUT2D eigenvalue weighted by molar-refractivity contribution is 0.124. The minimum atomic E-state index is -3.25. The highest BCUT2D eigenvalue weighted by atomic mass is 32.2. The molecule has 1 aliphatic rings. The molecular formula is C14H29NO3S. The average molecular weight is 291 g/mol. The fourth-order valence-electron chi connectivity index (χ4n) is 2.15. The topological polar surface area (TPSA) is 69.4 Å². The summed E-state index contributed by atoms with van der Waals surface area (Å²) in [4.78, 5) is 0. The van der Waals surface area contributed by atoms with Gasteiger partial charge in [-0.25, -0.2) is 13.6 Å². The van der Waals surface area contributed by atoms with Gasteiger partial charge < -0.3 is 4.74 Å². The number of unbranched alkanes of at least 4 members (excludes halogenated alkanes) is 6. The lowest BCUT2D eigenvalue weighted by Gasteiger charge is -2.04. The summed E-state index contributed by atoms with van der Waals surface area (Å²) in [5.74, 6) is 1.10. The van der Waals surface area contributed by atoms with Crippen molar-refractivity contribution in [1.82, 2.24) is 0 Å². The van der Waals surface area contributed by atoms with Gasteiger partial charge in [-0.3, -0.25) is 0 Å². The Bertz CT molecular complexity index is 313. The van der Waals surface area contributed by atoms with Crippen LogP contribution in [0.25, 0.3) is 0 Å². The predicted molar refractivity (Wildman–Crippen MR) is 78.5 cm³/mol. The smallest absolute Gasteiger partial charge is 0.209 e. The zero-order valence-corrected chi connectivity index (χ0v) is 12.8. The van der Waals surface area contributed by atoms with Gasteiger partial charge in [-0.15, -0.1) is 0 Å². The van der Waals surface area contributed by atoms with E-state index in [0.717, 1.165) is 38.4 Å². The monoisotopic (exact) mass is 291 g/mol. The number of hydrogen-bond donors (Lipinski definition) is 1. The van der Waals surface area contributed by atoms with E-state index in [0.29, 0.717) is 6.42 Å². The molecule has 1 aliphatic carbocycles. The van der Waals surface area contributed by atoms with Crippen molar-refractivity contribution in [2.75, 3.05) is 19.0 Å². The van der Waals surface area contributed by atoms with Crippen LogP contribution in [0.1, 0.15) is 64.2 Å². The molecule has 19 heavy (non-hydrogen) atoms. The van der Waals surface area contributed by atoms with Crippen LogP contribution in [0.4, 0.5) is 0 Å². The largest absolute Gasteiger partial charge is 0.381 e. The molecule has 0 aromatic rings. The first-order chi connectivity index (χ1) is 9.08. The molecule has 2 N–H and O–H groups in total. The molecule has 4 nitrogen and oxygen atoms in total. The van der Waals surface area contributed by atoms with Crippen molar-refractivity contribution in [3.63, 3.8) is 0 Å². The van der Waals surface area contributed by atoms with Crippen LogP contribution in [0.3, 0.4) is 0 Å². The summed E-state index contributed by atoms with van der Waals surface area (Å²) < 4.78 is 27.0. The van der Waals surface area contributed by atoms with Crippen LogP contribution < -0.4 is 5.14 Å². The van der Waals surface area contributed by atoms with E-state index in [4.69, 9.17) is 9.88 Å². The van der Waals surface area contributed by atoms with Crippen LogP contribution in [-0.2, 0) is 14.8 Å². The molecule has 1 rings (SSSR count). The lowest BCUT2D eigenvalue weighted by Crippen LogP contribution is -2.16. The molecule has 0 amide bonds. The quantitative estimate of drug-likeness (QED) is 0.530. The summed E-state index contributed by atoms with van der Waals surface area (Å²) in [6.07, 6.45) is 11.6. The predicted octanol–water partition coefficient (Wildman–Crippen LogP) is 2.82. The minimum absolute atomic E-state index is 0.127. The van der Waals surface area contributed by atoms with Crippen LogP contribution in [0.15, 0.2) is 0 Å². The molecule has 0 heterocycles. The summed E-state index contributed by atoms with van der Waals surface area (Å²) in [5.41, 5.74) is 0. The molecule has 0 aromatic carbocycles. The molecule has 5 heteroatoms. The van der Waals surface area contributed by atoms with Gasteiger partial charge in [0.1, 0.15) is 0 Å². The Morgan fingerprint density at radius 2 is 1.47 bits per heavy atom. The molecule has 0 radical (unpaired) electrons. The number of sulfonamides is 1. The maximum atomic E-state index is 10.7. The summed E-state index contributed by atoms with van der Waals surface area (Å²) in [7, 11) is -3.25. The number of primary sulfonamides is 1. The van der Waals surface area contributed by atoms with E-state index in [1.165, 1.54) is 38.5 Å². The Balaban J connectivity index is 1.68. The zero-order valence-electron chi connectivity index (χ0n) is 12.0. The van der Waals surface area contributed by atoms with Gasteiger partial charge in [0.05, 0.1) is 5.75 Å². The van der Waals surface area contributed by atoms with E-state index in [1.54, 1.807) is 0 Å². The second kappa shape index (κ2) is 9.72. The second-order valence-corrected chi connectivity index (χ2v) is 7.42. The number of ether oxygens (including phenoxy) is 1. The molecule has 0 spiro atoms. The fraction of sp³-hybridized carbons (Fsp3) is 1.00. The summed E-state index contributed by atoms with van der Waals surface area (Å²) in [6.45, 7) is 1.84. The van der Waals surface area contributed by atoms with Gasteiger partial charge in [-0.1, -0.05) is 44.9 Å². The van der Waals surface area contributed by atoms with E-state index >= 15 is 0 Å². The SMILES string of the molecule is NS(=O)(=O)CCCCCCCCCOCCC1CC1. The first kappa shape index (κ1) is 16.9. The molecule has 1 saturated carbocycles. The molecule has 0 aromatic heterocycles. The van der Waals surface area contributed by atoms with Gasteiger partial charge in [-0.05, 0) is 25.2 Å². The standard InChI is InChI=1S/C14H29NO3S/c15-19(16,17)13-7-5-3-1-2-4-6-11-18-12-10-14-8-9-14/h14H,1-13H2,(H2,15,16,17). The van der Waals surface area contributed by atoms with Crippen molar-refractivity contribution < 1.29 is 13.2 Å². The van der Waals surface area contributed by atoms with E-state index in [-0.39, 0.29) is 5.75 Å². The van der Waals surface area contributed by atoms with Crippen LogP contribution >= 0.6 is 0 Å². The van der Waals surface area contributed by atoms with Crippen LogP contribution in [0, 0.1) is 5.92 Å². The molecule has 1 fully saturated rings. The number of hydrogen-bond acceptors (Lipinski definition) is 3. The molecule has 0 aliphatic heterocycles. The van der Waals surface area contributed by atoms with Gasteiger partial charge in [-0.2, -0.15) is 0 Å². The lowest BCUT2D eigenvalue weighted by atomic mass is 10.1. The highest BCUT2D eigenvalue weighted by Crippen LogP contribution is 2.32. The third-order valence-electron chi connectivity index (χ3n) is 3.58. The van der Waals surface area contributed by atoms with Crippen molar-refractivity contribution in [3.05, 3.63) is 0 Å². The summed E-state index contributed by atoms with van der Waals surface area (Å²) >= 11 is 0. The molecule has 0 bridgehead atoms. The number of nitrogens with two attached hydrogens (primary N) is 1. The fourth-order valence-corrected chi connectivity index (χ4v) is 2.76. The summed E-state index contributed by atoms with van der Waals surface area (Å²) in [5, 5.41) is 4.94. The van der Waals surface area contributed by atoms with E-state index in [1.807, 2.05) is 0 Å². The minimum Gasteiger partial charge on any atom is -0.381 e. The van der Waals surface area contributed by atoms with Crippen LogP contribution in [0.5, 0.6) is 0 Å². The Kier molecular flexibility index (Phi) is 8.66. The zero-order chi connectivity index (χ0) is 14.0. The van der Waals surface area contributed by atoms with Gasteiger partial charge in [0.15, 0.2) is 0 Å². The van der Waals surface area contributed by atoms with Gasteiger partial charge in [0.2, 0.25) is 10.0 Å². The maximum Gasteiger partial charge on any atom is 0.209 e. The van der Waals surface area contributed by atoms with Crippen molar-refractivity contribution in [1.29, 1.82) is 0 Å². The average Bonchev–Trinajstić information content (AvgIpc) is 3.13. The van der Waals surface area contributed by atoms with Crippen molar-refractivity contribution >= 4 is 10.0 Å². The Hall–Kier alpha value is -0.130. The van der Waals surface area contributed by atoms with Gasteiger partial charge in [0, 0.05) is 13.2 Å². The van der Waals surface area contributed by atoms with E-state index in [2.05, 4.69) is 0 Å². The first-order valence-corrected chi connectivity index (χ1v) is 9.38. The van der Waals surface area contributed by atoms with Gasteiger partial charge in [0.25, 0.3) is 0 Å². The van der Waals surface area contributed by atoms with Crippen LogP contribution in [-0.4, -0.2) is 27.4 Å². The third kappa shape index (κ3) is 12.6. The van der Waals surface area contributed by atoms with E-state index in [9.17, 15) is 8.42 Å². The van der Waals surface area contributed by atoms with Crippen molar-refractivity contribution in [2.24, 2.45) is 11.1 Å². The Morgan fingerprint density at radius 1 is 0.895 bits per heavy atom. The third-order valence-corrected chi connectivity index (χ3v) is 4.44. The Morgan fingerprint density at radius 3 is 2.05 bits per heavy atom. The molecule has 114 valence electrons. The van der Waals surface area contributed by atoms with Crippen LogP contribution in [0.2, 0.25) is 0 Å². The highest BCUT2D eigenvalue weighted by molar-refractivity contribution is 7.89. The van der Waals surface area contributed by atoms with Crippen molar-refractivity contribution in [2.45, 2.75) is 64.2 Å². The molecular weight excluding hydrogens is 262 g/mol. The maximum absolute atomic E-state index is 10.7. The van der Waals surface area contributed by atoms with Crippen molar-refractivity contribution in [3.8, 4) is 0 Å². The second-order valence-electron chi connectivity index (χ2n) is 5.69.